The number of ether oxygens (including phenoxy) is 2. The van der Waals surface area contributed by atoms with E-state index in [-0.39, 0.29) is 12.2 Å². The Morgan fingerprint density at radius 2 is 1.14 bits per heavy atom. The number of hydrogen-bond donors (Lipinski definition) is 0. The molecule has 0 unspecified atom stereocenters. The molecule has 1 aliphatic rings. The molecule has 1 rings (SSSR count). The molecule has 0 spiro atoms. The maximum absolute atomic E-state index is 5.56. The Morgan fingerprint density at radius 1 is 0.786 bits per heavy atom. The van der Waals surface area contributed by atoms with Gasteiger partial charge in [0.2, 0.25) is 0 Å². The quantitative estimate of drug-likeness (QED) is 0.608. The first-order chi connectivity index (χ1) is 6.86. The smallest absolute Gasteiger partial charge is 0.0939 e. The third-order valence-corrected chi connectivity index (χ3v) is 2.01. The molecule has 0 radical (unpaired) electrons. The highest BCUT2D eigenvalue weighted by Crippen LogP contribution is 2.09. The van der Waals surface area contributed by atoms with Crippen molar-refractivity contribution in [3.05, 3.63) is 24.3 Å². The van der Waals surface area contributed by atoms with E-state index < -0.39 is 0 Å². The summed E-state index contributed by atoms with van der Waals surface area (Å²) in [6, 6.07) is 0. The van der Waals surface area contributed by atoms with Gasteiger partial charge in [-0.1, -0.05) is 38.2 Å². The van der Waals surface area contributed by atoms with Crippen LogP contribution < -0.4 is 0 Å². The molecule has 0 fully saturated rings. The second-order valence-corrected chi connectivity index (χ2v) is 3.44. The maximum atomic E-state index is 5.56. The van der Waals surface area contributed by atoms with E-state index in [0.29, 0.717) is 0 Å². The molecular formula is C12H20O2. The molecule has 1 aliphatic carbocycles. The van der Waals surface area contributed by atoms with Gasteiger partial charge in [0.15, 0.2) is 0 Å². The van der Waals surface area contributed by atoms with Crippen molar-refractivity contribution in [2.24, 2.45) is 0 Å². The summed E-state index contributed by atoms with van der Waals surface area (Å²) in [6.07, 6.45) is 10.7. The van der Waals surface area contributed by atoms with Crippen molar-refractivity contribution in [1.82, 2.24) is 0 Å². The largest absolute Gasteiger partial charge is 0.370 e. The molecule has 14 heavy (non-hydrogen) atoms. The lowest BCUT2D eigenvalue weighted by Gasteiger charge is -2.17. The van der Waals surface area contributed by atoms with E-state index in [1.807, 2.05) is 0 Å². The van der Waals surface area contributed by atoms with Gasteiger partial charge in [-0.25, -0.2) is 0 Å². The van der Waals surface area contributed by atoms with Crippen LogP contribution in [0.2, 0.25) is 0 Å². The van der Waals surface area contributed by atoms with E-state index in [9.17, 15) is 0 Å². The molecule has 80 valence electrons. The zero-order valence-electron chi connectivity index (χ0n) is 9.11. The highest BCUT2D eigenvalue weighted by molar-refractivity contribution is 5.16. The van der Waals surface area contributed by atoms with Crippen molar-refractivity contribution >= 4 is 0 Å². The summed E-state index contributed by atoms with van der Waals surface area (Å²) in [5.74, 6) is 0. The van der Waals surface area contributed by atoms with Crippen LogP contribution in [0, 0.1) is 0 Å². The van der Waals surface area contributed by atoms with Gasteiger partial charge >= 0.3 is 0 Å². The Balaban J connectivity index is 2.22. The summed E-state index contributed by atoms with van der Waals surface area (Å²) in [5, 5.41) is 0. The van der Waals surface area contributed by atoms with Crippen molar-refractivity contribution in [2.45, 2.75) is 38.9 Å². The Morgan fingerprint density at radius 3 is 1.43 bits per heavy atom. The van der Waals surface area contributed by atoms with Crippen LogP contribution in [-0.4, -0.2) is 25.4 Å². The Hall–Kier alpha value is -0.600. The van der Waals surface area contributed by atoms with Gasteiger partial charge in [0, 0.05) is 13.2 Å². The van der Waals surface area contributed by atoms with Crippen molar-refractivity contribution in [3.63, 3.8) is 0 Å². The van der Waals surface area contributed by atoms with Crippen LogP contribution in [0.25, 0.3) is 0 Å². The minimum absolute atomic E-state index is 0.149. The number of rotatable bonds is 6. The molecule has 0 amide bonds. The van der Waals surface area contributed by atoms with E-state index in [2.05, 4.69) is 38.2 Å². The van der Waals surface area contributed by atoms with Crippen LogP contribution in [0.15, 0.2) is 24.3 Å². The highest BCUT2D eigenvalue weighted by Gasteiger charge is 2.08. The molecule has 0 aliphatic heterocycles. The minimum atomic E-state index is 0.149. The number of hydrogen-bond acceptors (Lipinski definition) is 2. The van der Waals surface area contributed by atoms with Crippen LogP contribution in [0.5, 0.6) is 0 Å². The van der Waals surface area contributed by atoms with Crippen molar-refractivity contribution in [2.75, 3.05) is 13.2 Å². The highest BCUT2D eigenvalue weighted by atomic mass is 16.5. The zero-order chi connectivity index (χ0) is 10.2. The van der Waals surface area contributed by atoms with Crippen molar-refractivity contribution in [1.29, 1.82) is 0 Å². The Labute approximate surface area is 86.6 Å². The van der Waals surface area contributed by atoms with Gasteiger partial charge in [0.1, 0.15) is 0 Å². The lowest BCUT2D eigenvalue weighted by molar-refractivity contribution is 0.0953. The van der Waals surface area contributed by atoms with Gasteiger partial charge in [0.25, 0.3) is 0 Å². The lowest BCUT2D eigenvalue weighted by atomic mass is 10.1. The van der Waals surface area contributed by atoms with Gasteiger partial charge in [0.05, 0.1) is 12.2 Å². The predicted octanol–water partition coefficient (Wildman–Crippen LogP) is 2.70. The third-order valence-electron chi connectivity index (χ3n) is 2.01. The van der Waals surface area contributed by atoms with Gasteiger partial charge in [-0.3, -0.25) is 0 Å². The molecule has 0 aromatic heterocycles. The van der Waals surface area contributed by atoms with E-state index in [0.717, 1.165) is 26.1 Å². The van der Waals surface area contributed by atoms with Crippen molar-refractivity contribution < 1.29 is 9.47 Å². The third kappa shape index (κ3) is 4.07. The molecule has 0 aromatic rings. The summed E-state index contributed by atoms with van der Waals surface area (Å²) >= 11 is 0. The zero-order valence-corrected chi connectivity index (χ0v) is 9.11. The van der Waals surface area contributed by atoms with Crippen LogP contribution >= 0.6 is 0 Å². The summed E-state index contributed by atoms with van der Waals surface area (Å²) in [4.78, 5) is 0. The summed E-state index contributed by atoms with van der Waals surface area (Å²) < 4.78 is 11.1. The fourth-order valence-corrected chi connectivity index (χ4v) is 1.30. The second kappa shape index (κ2) is 6.80. The fraction of sp³-hybridized carbons (Fsp3) is 0.667. The molecule has 0 aromatic carbocycles. The lowest BCUT2D eigenvalue weighted by Crippen LogP contribution is -2.16. The Kier molecular flexibility index (Phi) is 5.57. The first-order valence-electron chi connectivity index (χ1n) is 5.46. The summed E-state index contributed by atoms with van der Waals surface area (Å²) in [6.45, 7) is 5.87. The first-order valence-corrected chi connectivity index (χ1v) is 5.46. The second-order valence-electron chi connectivity index (χ2n) is 3.44. The SMILES string of the molecule is CCCOC1C=CC(OCCC)C=C1. The first kappa shape index (κ1) is 11.5. The topological polar surface area (TPSA) is 18.5 Å². The average molecular weight is 196 g/mol. The standard InChI is InChI=1S/C12H20O2/c1-3-9-13-11-5-7-12(8-6-11)14-10-4-2/h5-8,11-12H,3-4,9-10H2,1-2H3. The van der Waals surface area contributed by atoms with E-state index in [4.69, 9.17) is 9.47 Å². The van der Waals surface area contributed by atoms with Gasteiger partial charge < -0.3 is 9.47 Å². The van der Waals surface area contributed by atoms with Gasteiger partial charge in [-0.15, -0.1) is 0 Å². The van der Waals surface area contributed by atoms with E-state index in [1.165, 1.54) is 0 Å². The normalized spacial score (nSPS) is 25.6. The van der Waals surface area contributed by atoms with Crippen LogP contribution in [0.3, 0.4) is 0 Å². The van der Waals surface area contributed by atoms with E-state index >= 15 is 0 Å². The van der Waals surface area contributed by atoms with Crippen LogP contribution in [0.4, 0.5) is 0 Å². The molecule has 0 saturated heterocycles. The molecule has 0 bridgehead atoms. The van der Waals surface area contributed by atoms with Crippen LogP contribution in [0.1, 0.15) is 26.7 Å². The Bertz CT molecular complexity index is 162. The van der Waals surface area contributed by atoms with E-state index in [1.54, 1.807) is 0 Å². The summed E-state index contributed by atoms with van der Waals surface area (Å²) in [5.41, 5.74) is 0. The van der Waals surface area contributed by atoms with Gasteiger partial charge in [-0.05, 0) is 12.8 Å². The van der Waals surface area contributed by atoms with Crippen LogP contribution in [-0.2, 0) is 9.47 Å². The molecule has 0 N–H and O–H groups in total. The molecule has 2 nitrogen and oxygen atoms in total. The molecule has 0 heterocycles. The molecule has 2 heteroatoms. The van der Waals surface area contributed by atoms with Gasteiger partial charge in [-0.2, -0.15) is 0 Å². The monoisotopic (exact) mass is 196 g/mol. The average Bonchev–Trinajstić information content (AvgIpc) is 2.25. The molecule has 0 atom stereocenters. The summed E-state index contributed by atoms with van der Waals surface area (Å²) in [7, 11) is 0. The predicted molar refractivity (Wildman–Crippen MR) is 58.3 cm³/mol. The maximum Gasteiger partial charge on any atom is 0.0939 e. The fourth-order valence-electron chi connectivity index (χ4n) is 1.30. The minimum Gasteiger partial charge on any atom is -0.370 e. The molecular weight excluding hydrogens is 176 g/mol. The molecule has 0 saturated carbocycles. The van der Waals surface area contributed by atoms with Crippen molar-refractivity contribution in [3.8, 4) is 0 Å².